The first kappa shape index (κ1) is 29.9. The summed E-state index contributed by atoms with van der Waals surface area (Å²) in [6.07, 6.45) is -10.9. The van der Waals surface area contributed by atoms with Gasteiger partial charge in [0, 0.05) is 32.7 Å². The van der Waals surface area contributed by atoms with E-state index < -0.39 is 35.6 Å². The minimum absolute atomic E-state index is 0.0600. The van der Waals surface area contributed by atoms with Crippen molar-refractivity contribution in [1.29, 1.82) is 0 Å². The van der Waals surface area contributed by atoms with Gasteiger partial charge in [-0.25, -0.2) is 4.79 Å². The van der Waals surface area contributed by atoms with Gasteiger partial charge in [0.2, 0.25) is 0 Å². The van der Waals surface area contributed by atoms with Crippen LogP contribution in [0.1, 0.15) is 41.3 Å². The highest BCUT2D eigenvalue weighted by Gasteiger charge is 2.37. The molecule has 1 heterocycles. The largest absolute Gasteiger partial charge is 0.480 e. The van der Waals surface area contributed by atoms with Crippen molar-refractivity contribution < 1.29 is 45.7 Å². The monoisotopic (exact) mass is 548 g/mol. The van der Waals surface area contributed by atoms with Crippen molar-refractivity contribution in [2.45, 2.75) is 31.4 Å². The average molecular weight is 549 g/mol. The van der Waals surface area contributed by atoms with Crippen LogP contribution < -0.4 is 0 Å². The van der Waals surface area contributed by atoms with Crippen LogP contribution >= 0.6 is 0 Å². The summed E-state index contributed by atoms with van der Waals surface area (Å²) in [7, 11) is 0. The summed E-state index contributed by atoms with van der Waals surface area (Å²) in [5, 5.41) is 8.66. The van der Waals surface area contributed by atoms with Gasteiger partial charge in [-0.15, -0.1) is 0 Å². The molecule has 0 aliphatic carbocycles. The standard InChI is InChI=1S/C26H30F6N2O4/c1-18(20-13-21(25(27,28)29)15-22(14-20)26(30,31)32)38-16-23(19-5-3-2-4-6-19)34-9-7-33(8-10-34)11-12-37-17-24(35)36/h2-6,13-15,18,23H,7-12,16-17H2,1H3,(H,35,36)/t18-,23+/m0/s1. The second kappa shape index (κ2) is 12.9. The molecule has 0 bridgehead atoms. The van der Waals surface area contributed by atoms with Gasteiger partial charge >= 0.3 is 18.3 Å². The second-order valence-corrected chi connectivity index (χ2v) is 9.07. The van der Waals surface area contributed by atoms with E-state index in [-0.39, 0.29) is 37.5 Å². The number of halogens is 6. The average Bonchev–Trinajstić information content (AvgIpc) is 2.86. The van der Waals surface area contributed by atoms with E-state index in [1.165, 1.54) is 6.92 Å². The SMILES string of the molecule is C[C@H](OC[C@H](c1ccccc1)N1CCN(CCOCC(=O)O)CC1)c1cc(C(F)(F)F)cc(C(F)(F)F)c1. The Labute approximate surface area is 216 Å². The first-order valence-electron chi connectivity index (χ1n) is 12.1. The molecule has 0 radical (unpaired) electrons. The molecule has 3 rings (SSSR count). The van der Waals surface area contributed by atoms with E-state index in [0.717, 1.165) is 5.56 Å². The Bertz CT molecular complexity index is 1010. The third kappa shape index (κ3) is 8.69. The molecule has 2 aromatic rings. The van der Waals surface area contributed by atoms with Crippen LogP contribution in [0.25, 0.3) is 0 Å². The summed E-state index contributed by atoms with van der Waals surface area (Å²) in [6, 6.07) is 10.6. The number of carbonyl (C=O) groups is 1. The molecule has 1 saturated heterocycles. The van der Waals surface area contributed by atoms with Crippen LogP contribution in [0.15, 0.2) is 48.5 Å². The van der Waals surface area contributed by atoms with Crippen LogP contribution in [0.5, 0.6) is 0 Å². The fourth-order valence-corrected chi connectivity index (χ4v) is 4.28. The molecule has 1 fully saturated rings. The van der Waals surface area contributed by atoms with E-state index in [1.54, 1.807) is 0 Å². The normalized spacial score (nSPS) is 17.3. The van der Waals surface area contributed by atoms with Gasteiger partial charge in [0.05, 0.1) is 36.5 Å². The maximum atomic E-state index is 13.3. The van der Waals surface area contributed by atoms with Gasteiger partial charge < -0.3 is 14.6 Å². The van der Waals surface area contributed by atoms with Crippen LogP contribution in [-0.2, 0) is 26.6 Å². The van der Waals surface area contributed by atoms with Crippen LogP contribution in [0.3, 0.4) is 0 Å². The molecule has 1 aliphatic rings. The number of piperazine rings is 1. The third-order valence-corrected chi connectivity index (χ3v) is 6.39. The first-order valence-corrected chi connectivity index (χ1v) is 12.1. The minimum atomic E-state index is -4.93. The maximum absolute atomic E-state index is 13.3. The van der Waals surface area contributed by atoms with Gasteiger partial charge in [-0.2, -0.15) is 26.3 Å². The lowest BCUT2D eigenvalue weighted by atomic mass is 10.0. The van der Waals surface area contributed by atoms with E-state index in [0.29, 0.717) is 44.9 Å². The number of hydrogen-bond donors (Lipinski definition) is 1. The molecule has 0 saturated carbocycles. The van der Waals surface area contributed by atoms with Crippen LogP contribution in [-0.4, -0.2) is 73.4 Å². The number of ether oxygens (including phenoxy) is 2. The second-order valence-electron chi connectivity index (χ2n) is 9.07. The van der Waals surface area contributed by atoms with E-state index in [2.05, 4.69) is 9.80 Å². The van der Waals surface area contributed by atoms with Crippen molar-refractivity contribution in [2.75, 3.05) is 52.5 Å². The van der Waals surface area contributed by atoms with Crippen LogP contribution in [0.4, 0.5) is 26.3 Å². The van der Waals surface area contributed by atoms with Crippen LogP contribution in [0.2, 0.25) is 0 Å². The molecule has 0 spiro atoms. The van der Waals surface area contributed by atoms with E-state index in [4.69, 9.17) is 14.6 Å². The first-order chi connectivity index (χ1) is 17.8. The topological polar surface area (TPSA) is 62.2 Å². The number of alkyl halides is 6. The predicted molar refractivity (Wildman–Crippen MR) is 126 cm³/mol. The molecule has 210 valence electrons. The van der Waals surface area contributed by atoms with Gasteiger partial charge in [0.25, 0.3) is 0 Å². The Kier molecular flexibility index (Phi) is 10.2. The summed E-state index contributed by atoms with van der Waals surface area (Å²) >= 11 is 0. The number of rotatable bonds is 11. The molecule has 2 atom stereocenters. The fourth-order valence-electron chi connectivity index (χ4n) is 4.28. The van der Waals surface area contributed by atoms with E-state index in [9.17, 15) is 31.1 Å². The van der Waals surface area contributed by atoms with E-state index >= 15 is 0 Å². The van der Waals surface area contributed by atoms with Gasteiger partial charge in [-0.05, 0) is 36.2 Å². The molecule has 0 aromatic heterocycles. The summed E-state index contributed by atoms with van der Waals surface area (Å²) < 4.78 is 90.7. The predicted octanol–water partition coefficient (Wildman–Crippen LogP) is 5.26. The molecule has 1 N–H and O–H groups in total. The van der Waals surface area contributed by atoms with E-state index in [1.807, 2.05) is 30.3 Å². The molecule has 0 amide bonds. The minimum Gasteiger partial charge on any atom is -0.480 e. The smallest absolute Gasteiger partial charge is 0.416 e. The number of hydrogen-bond acceptors (Lipinski definition) is 5. The third-order valence-electron chi connectivity index (χ3n) is 6.39. The fraction of sp³-hybridized carbons (Fsp3) is 0.500. The van der Waals surface area contributed by atoms with Gasteiger partial charge in [0.1, 0.15) is 6.61 Å². The van der Waals surface area contributed by atoms with Crippen molar-refractivity contribution in [3.8, 4) is 0 Å². The zero-order chi connectivity index (χ0) is 27.9. The summed E-state index contributed by atoms with van der Waals surface area (Å²) in [6.45, 7) is 4.62. The molecular formula is C26H30F6N2O4. The van der Waals surface area contributed by atoms with Gasteiger partial charge in [-0.1, -0.05) is 30.3 Å². The Balaban J connectivity index is 1.69. The number of nitrogens with zero attached hydrogens (tertiary/aromatic N) is 2. The summed E-state index contributed by atoms with van der Waals surface area (Å²) in [5.41, 5.74) is -2.04. The van der Waals surface area contributed by atoms with Gasteiger partial charge in [-0.3, -0.25) is 9.80 Å². The highest BCUT2D eigenvalue weighted by atomic mass is 19.4. The van der Waals surface area contributed by atoms with Crippen molar-refractivity contribution in [2.24, 2.45) is 0 Å². The molecule has 1 aliphatic heterocycles. The molecule has 0 unspecified atom stereocenters. The Morgan fingerprint density at radius 2 is 1.50 bits per heavy atom. The highest BCUT2D eigenvalue weighted by molar-refractivity contribution is 5.67. The Hall–Kier alpha value is -2.67. The lowest BCUT2D eigenvalue weighted by Gasteiger charge is -2.39. The lowest BCUT2D eigenvalue weighted by molar-refractivity contribution is -0.144. The lowest BCUT2D eigenvalue weighted by Crippen LogP contribution is -2.49. The zero-order valence-electron chi connectivity index (χ0n) is 20.8. The Morgan fingerprint density at radius 1 is 0.921 bits per heavy atom. The number of carboxylic acids is 1. The number of aliphatic carboxylic acids is 1. The van der Waals surface area contributed by atoms with Crippen molar-refractivity contribution >= 4 is 5.97 Å². The molecule has 6 nitrogen and oxygen atoms in total. The van der Waals surface area contributed by atoms with Crippen LogP contribution in [0, 0.1) is 0 Å². The number of benzene rings is 2. The molecule has 38 heavy (non-hydrogen) atoms. The molecule has 12 heteroatoms. The summed E-state index contributed by atoms with van der Waals surface area (Å²) in [4.78, 5) is 14.9. The highest BCUT2D eigenvalue weighted by Crippen LogP contribution is 2.38. The summed E-state index contributed by atoms with van der Waals surface area (Å²) in [5.74, 6) is -1.03. The maximum Gasteiger partial charge on any atom is 0.416 e. The van der Waals surface area contributed by atoms with Crippen molar-refractivity contribution in [1.82, 2.24) is 9.80 Å². The molecule has 2 aromatic carbocycles. The quantitative estimate of drug-likeness (QED) is 0.305. The molecular weight excluding hydrogens is 518 g/mol. The van der Waals surface area contributed by atoms with Crippen molar-refractivity contribution in [3.63, 3.8) is 0 Å². The Morgan fingerprint density at radius 3 is 2.03 bits per heavy atom. The van der Waals surface area contributed by atoms with Crippen molar-refractivity contribution in [3.05, 3.63) is 70.8 Å². The number of carboxylic acid groups (broad SMARTS) is 1. The zero-order valence-corrected chi connectivity index (χ0v) is 20.8. The van der Waals surface area contributed by atoms with Gasteiger partial charge in [0.15, 0.2) is 0 Å².